The molecular formula is C23H35IN4O3. The number of anilines is 1. The van der Waals surface area contributed by atoms with Crippen molar-refractivity contribution in [2.75, 3.05) is 32.1 Å². The standard InChI is InChI=1S/C23H34N4O3.HI/c1-3-24-23(27-13-11-19(12-14-27)22(29)30-2)25-16-17-7-6-10-20(15-17)26-21(28)18-8-4-5-9-18;/h6-7,10,15,18-19H,3-5,8-9,11-14,16H2,1-2H3,(H,24,25)(H,26,28);1H. The van der Waals surface area contributed by atoms with Crippen molar-refractivity contribution in [2.45, 2.75) is 52.0 Å². The van der Waals surface area contributed by atoms with Gasteiger partial charge in [-0.05, 0) is 50.3 Å². The van der Waals surface area contributed by atoms with Crippen LogP contribution in [0.5, 0.6) is 0 Å². The molecule has 2 aliphatic rings. The van der Waals surface area contributed by atoms with Crippen molar-refractivity contribution in [1.82, 2.24) is 10.2 Å². The van der Waals surface area contributed by atoms with Gasteiger partial charge >= 0.3 is 5.97 Å². The van der Waals surface area contributed by atoms with Crippen LogP contribution < -0.4 is 10.6 Å². The molecule has 0 spiro atoms. The van der Waals surface area contributed by atoms with E-state index in [0.29, 0.717) is 6.54 Å². The summed E-state index contributed by atoms with van der Waals surface area (Å²) in [7, 11) is 1.45. The van der Waals surface area contributed by atoms with Crippen molar-refractivity contribution in [2.24, 2.45) is 16.8 Å². The maximum atomic E-state index is 12.4. The molecule has 1 heterocycles. The summed E-state index contributed by atoms with van der Waals surface area (Å²) in [5.41, 5.74) is 1.89. The quantitative estimate of drug-likeness (QED) is 0.248. The first-order valence-corrected chi connectivity index (χ1v) is 11.1. The third-order valence-corrected chi connectivity index (χ3v) is 6.00. The second-order valence-corrected chi connectivity index (χ2v) is 8.13. The Kier molecular flexibility index (Phi) is 10.6. The van der Waals surface area contributed by atoms with Gasteiger partial charge in [-0.15, -0.1) is 24.0 Å². The summed E-state index contributed by atoms with van der Waals surface area (Å²) in [5, 5.41) is 6.42. The van der Waals surface area contributed by atoms with Crippen LogP contribution in [0.3, 0.4) is 0 Å². The fourth-order valence-electron chi connectivity index (χ4n) is 4.27. The molecule has 0 aromatic heterocycles. The molecule has 1 aliphatic carbocycles. The van der Waals surface area contributed by atoms with Gasteiger partial charge in [-0.1, -0.05) is 25.0 Å². The van der Waals surface area contributed by atoms with Gasteiger partial charge in [-0.2, -0.15) is 0 Å². The summed E-state index contributed by atoms with van der Waals surface area (Å²) < 4.78 is 4.88. The number of likely N-dealkylation sites (tertiary alicyclic amines) is 1. The molecule has 0 unspecified atom stereocenters. The second kappa shape index (κ2) is 12.9. The summed E-state index contributed by atoms with van der Waals surface area (Å²) in [4.78, 5) is 31.1. The van der Waals surface area contributed by atoms with Gasteiger partial charge in [0, 0.05) is 31.2 Å². The largest absolute Gasteiger partial charge is 0.469 e. The molecule has 8 heteroatoms. The highest BCUT2D eigenvalue weighted by molar-refractivity contribution is 14.0. The molecule has 0 bridgehead atoms. The zero-order chi connectivity index (χ0) is 21.3. The number of esters is 1. The fraction of sp³-hybridized carbons (Fsp3) is 0.609. The van der Waals surface area contributed by atoms with Crippen LogP contribution in [0.15, 0.2) is 29.3 Å². The van der Waals surface area contributed by atoms with Gasteiger partial charge in [0.1, 0.15) is 0 Å². The van der Waals surface area contributed by atoms with Crippen LogP contribution >= 0.6 is 24.0 Å². The van der Waals surface area contributed by atoms with Crippen LogP contribution in [0.4, 0.5) is 5.69 Å². The minimum atomic E-state index is -0.118. The summed E-state index contributed by atoms with van der Waals surface area (Å²) in [6.07, 6.45) is 5.84. The molecule has 1 saturated carbocycles. The Morgan fingerprint density at radius 2 is 1.84 bits per heavy atom. The van der Waals surface area contributed by atoms with Crippen LogP contribution in [0, 0.1) is 11.8 Å². The van der Waals surface area contributed by atoms with E-state index in [1.165, 1.54) is 7.11 Å². The Labute approximate surface area is 202 Å². The number of carbonyl (C=O) groups excluding carboxylic acids is 2. The SMILES string of the molecule is CCNC(=NCc1cccc(NC(=O)C2CCCC2)c1)N1CCC(C(=O)OC)CC1.I. The number of piperidine rings is 1. The Balaban J connectivity index is 0.00000341. The Hall–Kier alpha value is -1.84. The van der Waals surface area contributed by atoms with Gasteiger partial charge in [0.15, 0.2) is 5.96 Å². The van der Waals surface area contributed by atoms with Crippen molar-refractivity contribution >= 4 is 47.5 Å². The minimum Gasteiger partial charge on any atom is -0.469 e. The van der Waals surface area contributed by atoms with E-state index >= 15 is 0 Å². The first-order valence-electron chi connectivity index (χ1n) is 11.1. The van der Waals surface area contributed by atoms with Crippen molar-refractivity contribution in [3.05, 3.63) is 29.8 Å². The molecule has 0 radical (unpaired) electrons. The fourth-order valence-corrected chi connectivity index (χ4v) is 4.27. The van der Waals surface area contributed by atoms with Gasteiger partial charge in [0.05, 0.1) is 19.6 Å². The molecule has 1 aromatic carbocycles. The first kappa shape index (κ1) is 25.4. The lowest BCUT2D eigenvalue weighted by Gasteiger charge is -2.33. The molecule has 1 saturated heterocycles. The number of amides is 1. The second-order valence-electron chi connectivity index (χ2n) is 8.13. The number of hydrogen-bond acceptors (Lipinski definition) is 4. The summed E-state index contributed by atoms with van der Waals surface area (Å²) >= 11 is 0. The number of carbonyl (C=O) groups is 2. The van der Waals surface area contributed by atoms with E-state index < -0.39 is 0 Å². The van der Waals surface area contributed by atoms with E-state index in [0.717, 1.165) is 75.4 Å². The third kappa shape index (κ3) is 7.36. The summed E-state index contributed by atoms with van der Waals surface area (Å²) in [6.45, 7) is 4.93. The molecule has 7 nitrogen and oxygen atoms in total. The van der Waals surface area contributed by atoms with E-state index in [9.17, 15) is 9.59 Å². The van der Waals surface area contributed by atoms with E-state index in [4.69, 9.17) is 9.73 Å². The summed E-state index contributed by atoms with van der Waals surface area (Å²) in [5.74, 6) is 1.01. The van der Waals surface area contributed by atoms with E-state index in [1.54, 1.807) is 0 Å². The van der Waals surface area contributed by atoms with Gasteiger partial charge < -0.3 is 20.3 Å². The highest BCUT2D eigenvalue weighted by Crippen LogP contribution is 2.26. The number of hydrogen-bond donors (Lipinski definition) is 2. The van der Waals surface area contributed by atoms with Gasteiger partial charge in [-0.3, -0.25) is 9.59 Å². The number of ether oxygens (including phenoxy) is 1. The molecule has 2 N–H and O–H groups in total. The number of benzene rings is 1. The Morgan fingerprint density at radius 1 is 1.13 bits per heavy atom. The number of methoxy groups -OCH3 is 1. The van der Waals surface area contributed by atoms with Crippen LogP contribution in [0.1, 0.15) is 51.0 Å². The number of nitrogens with one attached hydrogen (secondary N) is 2. The smallest absolute Gasteiger partial charge is 0.308 e. The molecule has 31 heavy (non-hydrogen) atoms. The van der Waals surface area contributed by atoms with Crippen molar-refractivity contribution in [1.29, 1.82) is 0 Å². The number of rotatable bonds is 6. The van der Waals surface area contributed by atoms with Crippen LogP contribution in [0.2, 0.25) is 0 Å². The first-order chi connectivity index (χ1) is 14.6. The van der Waals surface area contributed by atoms with Crippen molar-refractivity contribution < 1.29 is 14.3 Å². The number of halogens is 1. The topological polar surface area (TPSA) is 83.0 Å². The molecule has 3 rings (SSSR count). The third-order valence-electron chi connectivity index (χ3n) is 6.00. The minimum absolute atomic E-state index is 0. The zero-order valence-electron chi connectivity index (χ0n) is 18.6. The van der Waals surface area contributed by atoms with Crippen LogP contribution in [0.25, 0.3) is 0 Å². The number of aliphatic imine (C=N–C) groups is 1. The lowest BCUT2D eigenvalue weighted by Crippen LogP contribution is -2.46. The Bertz CT molecular complexity index is 757. The highest BCUT2D eigenvalue weighted by Gasteiger charge is 2.27. The summed E-state index contributed by atoms with van der Waals surface area (Å²) in [6, 6.07) is 7.93. The molecule has 1 aromatic rings. The van der Waals surface area contributed by atoms with Crippen LogP contribution in [-0.2, 0) is 20.9 Å². The van der Waals surface area contributed by atoms with Gasteiger partial charge in [0.2, 0.25) is 5.91 Å². The van der Waals surface area contributed by atoms with E-state index in [-0.39, 0.29) is 47.7 Å². The predicted octanol–water partition coefficient (Wildman–Crippen LogP) is 3.78. The molecular weight excluding hydrogens is 507 g/mol. The maximum Gasteiger partial charge on any atom is 0.308 e. The van der Waals surface area contributed by atoms with Crippen LogP contribution in [-0.4, -0.2) is 49.5 Å². The average molecular weight is 542 g/mol. The van der Waals surface area contributed by atoms with Gasteiger partial charge in [0.25, 0.3) is 0 Å². The lowest BCUT2D eigenvalue weighted by molar-refractivity contribution is -0.146. The Morgan fingerprint density at radius 3 is 2.48 bits per heavy atom. The lowest BCUT2D eigenvalue weighted by atomic mass is 9.97. The number of guanidine groups is 1. The highest BCUT2D eigenvalue weighted by atomic mass is 127. The normalized spacial score (nSPS) is 17.7. The molecule has 2 fully saturated rings. The average Bonchev–Trinajstić information content (AvgIpc) is 3.32. The van der Waals surface area contributed by atoms with Crippen molar-refractivity contribution in [3.63, 3.8) is 0 Å². The molecule has 0 atom stereocenters. The molecule has 1 aliphatic heterocycles. The number of nitrogens with zero attached hydrogens (tertiary/aromatic N) is 2. The zero-order valence-corrected chi connectivity index (χ0v) is 20.9. The van der Waals surface area contributed by atoms with E-state index in [2.05, 4.69) is 22.5 Å². The van der Waals surface area contributed by atoms with Gasteiger partial charge in [-0.25, -0.2) is 4.99 Å². The maximum absolute atomic E-state index is 12.4. The molecule has 1 amide bonds. The van der Waals surface area contributed by atoms with Crippen molar-refractivity contribution in [3.8, 4) is 0 Å². The molecule has 172 valence electrons. The van der Waals surface area contributed by atoms with E-state index in [1.807, 2.05) is 24.3 Å². The monoisotopic (exact) mass is 542 g/mol. The predicted molar refractivity (Wildman–Crippen MR) is 134 cm³/mol.